The minimum Gasteiger partial charge on any atom is -0.474 e. The number of rotatable bonds is 6. The van der Waals surface area contributed by atoms with Crippen molar-refractivity contribution in [1.82, 2.24) is 20.1 Å². The van der Waals surface area contributed by atoms with Gasteiger partial charge >= 0.3 is 6.18 Å². The third-order valence-corrected chi connectivity index (χ3v) is 5.29. The fraction of sp³-hybridized carbons (Fsp3) is 0.409. The number of fused-ring (bicyclic) bond motifs is 1. The highest BCUT2D eigenvalue weighted by Crippen LogP contribution is 2.37. The molecule has 11 heteroatoms. The lowest BCUT2D eigenvalue weighted by Crippen LogP contribution is -2.16. The Morgan fingerprint density at radius 2 is 2.06 bits per heavy atom. The number of carbonyl (C=O) groups is 1. The largest absolute Gasteiger partial charge is 0.474 e. The van der Waals surface area contributed by atoms with E-state index >= 15 is 0 Å². The normalized spacial score (nSPS) is 16.5. The molecular weight excluding hydrogens is 439 g/mol. The average Bonchev–Trinajstić information content (AvgIpc) is 3.39. The second kappa shape index (κ2) is 10.6. The van der Waals surface area contributed by atoms with Crippen LogP contribution in [0.4, 0.5) is 13.2 Å². The minimum atomic E-state index is -4.24. The van der Waals surface area contributed by atoms with Gasteiger partial charge in [-0.3, -0.25) is 9.89 Å². The molecule has 0 radical (unpaired) electrons. The molecule has 1 aliphatic heterocycles. The van der Waals surface area contributed by atoms with Crippen molar-refractivity contribution in [2.45, 2.75) is 18.5 Å². The van der Waals surface area contributed by atoms with Gasteiger partial charge < -0.3 is 20.1 Å². The molecule has 1 atom stereocenters. The number of primary amides is 1. The number of ether oxygens (including phenoxy) is 2. The molecule has 1 unspecified atom stereocenters. The third-order valence-electron chi connectivity index (χ3n) is 5.29. The van der Waals surface area contributed by atoms with Crippen LogP contribution in [-0.2, 0) is 10.9 Å². The number of alkyl halides is 3. The molecule has 3 N–H and O–H groups in total. The number of H-pyrrole nitrogens is 1. The molecule has 8 nitrogen and oxygen atoms in total. The number of benzene rings is 1. The summed E-state index contributed by atoms with van der Waals surface area (Å²) in [6.07, 6.45) is -2.04. The number of hydrogen-bond acceptors (Lipinski definition) is 6. The van der Waals surface area contributed by atoms with E-state index in [4.69, 9.17) is 15.2 Å². The fourth-order valence-corrected chi connectivity index (χ4v) is 3.65. The Labute approximate surface area is 188 Å². The lowest BCUT2D eigenvalue weighted by atomic mass is 9.93. The molecule has 0 bridgehead atoms. The predicted molar refractivity (Wildman–Crippen MR) is 116 cm³/mol. The molecule has 0 aliphatic carbocycles. The number of nitrogens with two attached hydrogens (primary N) is 1. The SMILES string of the molecule is CN1CCC(c2ccccc2C(F)(F)F)C1.COCCOc1n[nH]c2ncc(C(N)=O)cc12. The number of likely N-dealkylation sites (tertiary alicyclic amines) is 1. The monoisotopic (exact) mass is 465 g/mol. The quantitative estimate of drug-likeness (QED) is 0.542. The molecular formula is C22H26F3N5O3. The van der Waals surface area contributed by atoms with Gasteiger partial charge in [0.1, 0.15) is 6.61 Å². The summed E-state index contributed by atoms with van der Waals surface area (Å²) in [6, 6.07) is 7.50. The average molecular weight is 465 g/mol. The Hall–Kier alpha value is -3.18. The van der Waals surface area contributed by atoms with Gasteiger partial charge in [0.2, 0.25) is 11.8 Å². The van der Waals surface area contributed by atoms with Gasteiger partial charge in [-0.2, -0.15) is 13.2 Å². The Morgan fingerprint density at radius 3 is 2.70 bits per heavy atom. The standard InChI is InChI=1S/C12H14F3N.C10H12N4O3/c1-16-7-6-9(8-16)10-4-2-3-5-11(10)12(13,14)15;1-16-2-3-17-10-7-4-6(8(11)15)5-12-9(7)13-14-10/h2-5,9H,6-8H2,1H3;4-5H,2-3H2,1H3,(H2,11,15)(H,12,13,14). The van der Waals surface area contributed by atoms with Gasteiger partial charge in [-0.15, -0.1) is 5.10 Å². The first-order valence-corrected chi connectivity index (χ1v) is 10.3. The predicted octanol–water partition coefficient (Wildman–Crippen LogP) is 3.21. The van der Waals surface area contributed by atoms with Gasteiger partial charge in [-0.25, -0.2) is 4.98 Å². The van der Waals surface area contributed by atoms with Crippen molar-refractivity contribution < 1.29 is 27.4 Å². The zero-order valence-corrected chi connectivity index (χ0v) is 18.4. The van der Waals surface area contributed by atoms with Crippen LogP contribution in [0.25, 0.3) is 11.0 Å². The maximum atomic E-state index is 12.8. The number of halogens is 3. The first-order valence-electron chi connectivity index (χ1n) is 10.3. The Kier molecular flexibility index (Phi) is 7.88. The van der Waals surface area contributed by atoms with Crippen LogP contribution in [0.3, 0.4) is 0 Å². The van der Waals surface area contributed by atoms with Gasteiger partial charge in [0.05, 0.1) is 23.1 Å². The summed E-state index contributed by atoms with van der Waals surface area (Å²) in [7, 11) is 3.52. The summed E-state index contributed by atoms with van der Waals surface area (Å²) in [5, 5.41) is 7.27. The van der Waals surface area contributed by atoms with Crippen LogP contribution >= 0.6 is 0 Å². The van der Waals surface area contributed by atoms with Gasteiger partial charge in [-0.05, 0) is 43.6 Å². The number of aromatic nitrogens is 3. The highest BCUT2D eigenvalue weighted by molar-refractivity contribution is 5.96. The summed E-state index contributed by atoms with van der Waals surface area (Å²) in [6.45, 7) is 2.42. The molecule has 1 saturated heterocycles. The summed E-state index contributed by atoms with van der Waals surface area (Å²) in [5.74, 6) is -0.140. The number of likely N-dealkylation sites (N-methyl/N-ethyl adjacent to an activating group) is 1. The van der Waals surface area contributed by atoms with Crippen molar-refractivity contribution in [2.75, 3.05) is 40.5 Å². The Balaban J connectivity index is 0.000000186. The summed E-state index contributed by atoms with van der Waals surface area (Å²) in [5.41, 5.74) is 6.00. The number of amides is 1. The number of hydrogen-bond donors (Lipinski definition) is 2. The smallest absolute Gasteiger partial charge is 0.416 e. The summed E-state index contributed by atoms with van der Waals surface area (Å²) in [4.78, 5) is 17.1. The Morgan fingerprint density at radius 1 is 1.30 bits per heavy atom. The molecule has 1 fully saturated rings. The van der Waals surface area contributed by atoms with E-state index in [1.54, 1.807) is 25.3 Å². The van der Waals surface area contributed by atoms with Crippen molar-refractivity contribution in [3.63, 3.8) is 0 Å². The number of pyridine rings is 1. The van der Waals surface area contributed by atoms with Gasteiger partial charge in [0.15, 0.2) is 5.65 Å². The molecule has 178 valence electrons. The topological polar surface area (TPSA) is 106 Å². The number of carbonyl (C=O) groups excluding carboxylic acids is 1. The van der Waals surface area contributed by atoms with Crippen molar-refractivity contribution in [3.8, 4) is 5.88 Å². The fourth-order valence-electron chi connectivity index (χ4n) is 3.65. The third kappa shape index (κ3) is 6.20. The van der Waals surface area contributed by atoms with E-state index in [1.165, 1.54) is 18.3 Å². The molecule has 4 rings (SSSR count). The first-order chi connectivity index (χ1) is 15.7. The second-order valence-corrected chi connectivity index (χ2v) is 7.69. The van der Waals surface area contributed by atoms with E-state index in [2.05, 4.69) is 20.1 Å². The highest BCUT2D eigenvalue weighted by Gasteiger charge is 2.36. The van der Waals surface area contributed by atoms with Crippen molar-refractivity contribution in [1.29, 1.82) is 0 Å². The molecule has 0 saturated carbocycles. The van der Waals surface area contributed by atoms with Gasteiger partial charge in [0, 0.05) is 19.9 Å². The zero-order chi connectivity index (χ0) is 24.0. The van der Waals surface area contributed by atoms with E-state index in [9.17, 15) is 18.0 Å². The lowest BCUT2D eigenvalue weighted by molar-refractivity contribution is -0.138. The molecule has 3 aromatic rings. The maximum absolute atomic E-state index is 12.8. The van der Waals surface area contributed by atoms with Crippen molar-refractivity contribution >= 4 is 16.9 Å². The van der Waals surface area contributed by atoms with Crippen LogP contribution in [0.2, 0.25) is 0 Å². The second-order valence-electron chi connectivity index (χ2n) is 7.69. The zero-order valence-electron chi connectivity index (χ0n) is 18.4. The number of nitrogens with zero attached hydrogens (tertiary/aromatic N) is 3. The van der Waals surface area contributed by atoms with E-state index in [1.807, 2.05) is 7.05 Å². The van der Waals surface area contributed by atoms with Gasteiger partial charge in [-0.1, -0.05) is 18.2 Å². The molecule has 3 heterocycles. The van der Waals surface area contributed by atoms with Crippen LogP contribution in [0.1, 0.15) is 33.8 Å². The lowest BCUT2D eigenvalue weighted by Gasteiger charge is -2.17. The summed E-state index contributed by atoms with van der Waals surface area (Å²) < 4.78 is 48.6. The number of aromatic amines is 1. The maximum Gasteiger partial charge on any atom is 0.416 e. The molecule has 0 spiro atoms. The van der Waals surface area contributed by atoms with Crippen LogP contribution in [0, 0.1) is 0 Å². The van der Waals surface area contributed by atoms with E-state index < -0.39 is 17.6 Å². The first kappa shape index (κ1) is 24.5. The van der Waals surface area contributed by atoms with Crippen LogP contribution < -0.4 is 10.5 Å². The van der Waals surface area contributed by atoms with E-state index in [0.29, 0.717) is 47.8 Å². The molecule has 1 aliphatic rings. The Bertz CT molecular complexity index is 1090. The van der Waals surface area contributed by atoms with Gasteiger partial charge in [0.25, 0.3) is 0 Å². The summed E-state index contributed by atoms with van der Waals surface area (Å²) >= 11 is 0. The van der Waals surface area contributed by atoms with Crippen LogP contribution in [0.5, 0.6) is 5.88 Å². The van der Waals surface area contributed by atoms with Crippen molar-refractivity contribution in [2.24, 2.45) is 5.73 Å². The number of methoxy groups -OCH3 is 1. The molecule has 1 amide bonds. The number of nitrogens with one attached hydrogen (secondary N) is 1. The minimum absolute atomic E-state index is 0.0165. The van der Waals surface area contributed by atoms with Crippen LogP contribution in [-0.4, -0.2) is 66.4 Å². The molecule has 1 aromatic carbocycles. The van der Waals surface area contributed by atoms with Crippen molar-refractivity contribution in [3.05, 3.63) is 53.2 Å². The molecule has 2 aromatic heterocycles. The van der Waals surface area contributed by atoms with E-state index in [0.717, 1.165) is 13.0 Å². The van der Waals surface area contributed by atoms with E-state index in [-0.39, 0.29) is 5.92 Å². The highest BCUT2D eigenvalue weighted by atomic mass is 19.4. The molecule has 33 heavy (non-hydrogen) atoms. The van der Waals surface area contributed by atoms with Crippen LogP contribution in [0.15, 0.2) is 36.5 Å².